The minimum absolute atomic E-state index is 0.0193. The van der Waals surface area contributed by atoms with Crippen molar-refractivity contribution in [2.75, 3.05) is 0 Å². The molecule has 0 aliphatic heterocycles. The smallest absolute Gasteiger partial charge is 0.134 e. The minimum Gasteiger partial charge on any atom is -0.237 e. The van der Waals surface area contributed by atoms with Crippen LogP contribution in [0, 0.1) is 0 Å². The number of hydrogen-bond acceptors (Lipinski definition) is 2. The maximum Gasteiger partial charge on any atom is 0.134 e. The van der Waals surface area contributed by atoms with Gasteiger partial charge in [-0.2, -0.15) is 0 Å². The van der Waals surface area contributed by atoms with Crippen molar-refractivity contribution in [2.24, 2.45) is 0 Å². The highest BCUT2D eigenvalue weighted by Crippen LogP contribution is 2.43. The molecule has 4 rings (SSSR count). The minimum atomic E-state index is -0.0193. The summed E-state index contributed by atoms with van der Waals surface area (Å²) in [4.78, 5) is 9.86. The number of allylic oxidation sites excluding steroid dienone is 2. The summed E-state index contributed by atoms with van der Waals surface area (Å²) in [6, 6.07) is 8.68. The zero-order valence-electron chi connectivity index (χ0n) is 12.9. The maximum absolute atomic E-state index is 4.97. The molecule has 1 aromatic heterocycles. The van der Waals surface area contributed by atoms with Gasteiger partial charge in [-0.3, -0.25) is 0 Å². The molecule has 0 fully saturated rings. The third-order valence-electron chi connectivity index (χ3n) is 4.46. The predicted octanol–water partition coefficient (Wildman–Crippen LogP) is 4.19. The molecule has 0 N–H and O–H groups in total. The van der Waals surface area contributed by atoms with Gasteiger partial charge in [-0.25, -0.2) is 9.97 Å². The SMILES string of the molecule is CC(C)(C)c1nc2c3c(n1)-c1ccccc1CC3C=CC2. The van der Waals surface area contributed by atoms with Crippen LogP contribution in [0.25, 0.3) is 11.3 Å². The van der Waals surface area contributed by atoms with Gasteiger partial charge < -0.3 is 0 Å². The summed E-state index contributed by atoms with van der Waals surface area (Å²) in [7, 11) is 0. The molecule has 0 amide bonds. The Bertz CT molecular complexity index is 751. The van der Waals surface area contributed by atoms with Gasteiger partial charge in [-0.1, -0.05) is 57.2 Å². The van der Waals surface area contributed by atoms with Crippen LogP contribution in [-0.4, -0.2) is 9.97 Å². The molecule has 0 saturated carbocycles. The Hall–Kier alpha value is -1.96. The van der Waals surface area contributed by atoms with E-state index in [2.05, 4.69) is 57.2 Å². The van der Waals surface area contributed by atoms with Crippen molar-refractivity contribution in [3.63, 3.8) is 0 Å². The fourth-order valence-electron chi connectivity index (χ4n) is 3.38. The third-order valence-corrected chi connectivity index (χ3v) is 4.46. The van der Waals surface area contributed by atoms with Gasteiger partial charge in [0, 0.05) is 28.9 Å². The molecule has 0 spiro atoms. The van der Waals surface area contributed by atoms with Gasteiger partial charge in [0.05, 0.1) is 11.4 Å². The zero-order chi connectivity index (χ0) is 14.6. The normalized spacial score (nSPS) is 19.1. The van der Waals surface area contributed by atoms with Crippen molar-refractivity contribution in [1.82, 2.24) is 9.97 Å². The second kappa shape index (κ2) is 4.27. The Morgan fingerprint density at radius 2 is 1.90 bits per heavy atom. The number of aromatic nitrogens is 2. The highest BCUT2D eigenvalue weighted by Gasteiger charge is 2.31. The summed E-state index contributed by atoms with van der Waals surface area (Å²) in [5, 5.41) is 0. The molecule has 2 aliphatic rings. The second-order valence-electron chi connectivity index (χ2n) is 7.11. The van der Waals surface area contributed by atoms with Crippen LogP contribution in [0.5, 0.6) is 0 Å². The highest BCUT2D eigenvalue weighted by atomic mass is 14.9. The number of rotatable bonds is 0. The second-order valence-corrected chi connectivity index (χ2v) is 7.11. The fourth-order valence-corrected chi connectivity index (χ4v) is 3.38. The highest BCUT2D eigenvalue weighted by molar-refractivity contribution is 5.72. The van der Waals surface area contributed by atoms with E-state index in [0.717, 1.165) is 18.7 Å². The van der Waals surface area contributed by atoms with Crippen LogP contribution >= 0.6 is 0 Å². The largest absolute Gasteiger partial charge is 0.237 e. The first kappa shape index (κ1) is 12.8. The van der Waals surface area contributed by atoms with Gasteiger partial charge in [0.1, 0.15) is 5.82 Å². The van der Waals surface area contributed by atoms with Crippen LogP contribution in [0.2, 0.25) is 0 Å². The van der Waals surface area contributed by atoms with Crippen molar-refractivity contribution in [3.05, 3.63) is 59.1 Å². The molecule has 1 atom stereocenters. The average Bonchev–Trinajstić information content (AvgIpc) is 2.46. The van der Waals surface area contributed by atoms with E-state index in [1.54, 1.807) is 0 Å². The standard InChI is InChI=1S/C19H20N2/c1-19(2,3)18-20-15-10-6-8-13-11-12-7-4-5-9-14(12)17(21-18)16(13)15/h4-9,13H,10-11H2,1-3H3. The topological polar surface area (TPSA) is 25.8 Å². The summed E-state index contributed by atoms with van der Waals surface area (Å²) < 4.78 is 0. The molecular weight excluding hydrogens is 256 g/mol. The first-order chi connectivity index (χ1) is 10.0. The quantitative estimate of drug-likeness (QED) is 0.674. The van der Waals surface area contributed by atoms with E-state index in [4.69, 9.17) is 9.97 Å². The van der Waals surface area contributed by atoms with E-state index in [1.165, 1.54) is 28.1 Å². The van der Waals surface area contributed by atoms with Crippen LogP contribution in [0.1, 0.15) is 49.3 Å². The first-order valence-electron chi connectivity index (χ1n) is 7.70. The molecule has 2 nitrogen and oxygen atoms in total. The van der Waals surface area contributed by atoms with Crippen LogP contribution in [0.15, 0.2) is 36.4 Å². The maximum atomic E-state index is 4.97. The van der Waals surface area contributed by atoms with E-state index in [9.17, 15) is 0 Å². The Kier molecular flexibility index (Phi) is 2.59. The lowest BCUT2D eigenvalue weighted by atomic mass is 9.77. The Labute approximate surface area is 126 Å². The molecule has 2 heteroatoms. The van der Waals surface area contributed by atoms with Crippen molar-refractivity contribution in [3.8, 4) is 11.3 Å². The summed E-state index contributed by atoms with van der Waals surface area (Å²) in [6.07, 6.45) is 6.61. The Morgan fingerprint density at radius 3 is 2.71 bits per heavy atom. The van der Waals surface area contributed by atoms with Crippen molar-refractivity contribution in [1.29, 1.82) is 0 Å². The fraction of sp³-hybridized carbons (Fsp3) is 0.368. The summed E-state index contributed by atoms with van der Waals surface area (Å²) in [5.74, 6) is 1.41. The third kappa shape index (κ3) is 1.93. The molecule has 1 aromatic carbocycles. The summed E-state index contributed by atoms with van der Waals surface area (Å²) in [6.45, 7) is 6.56. The van der Waals surface area contributed by atoms with E-state index in [-0.39, 0.29) is 5.41 Å². The van der Waals surface area contributed by atoms with Crippen molar-refractivity contribution < 1.29 is 0 Å². The molecule has 0 saturated heterocycles. The van der Waals surface area contributed by atoms with Gasteiger partial charge in [-0.05, 0) is 12.0 Å². The van der Waals surface area contributed by atoms with E-state index < -0.39 is 0 Å². The van der Waals surface area contributed by atoms with Gasteiger partial charge >= 0.3 is 0 Å². The lowest BCUT2D eigenvalue weighted by molar-refractivity contribution is 0.539. The van der Waals surface area contributed by atoms with Gasteiger partial charge in [-0.15, -0.1) is 0 Å². The van der Waals surface area contributed by atoms with Gasteiger partial charge in [0.15, 0.2) is 0 Å². The van der Waals surface area contributed by atoms with E-state index in [1.807, 2.05) is 0 Å². The number of hydrogen-bond donors (Lipinski definition) is 0. The molecule has 1 unspecified atom stereocenters. The van der Waals surface area contributed by atoms with Crippen molar-refractivity contribution >= 4 is 0 Å². The lowest BCUT2D eigenvalue weighted by Crippen LogP contribution is -2.23. The van der Waals surface area contributed by atoms with E-state index >= 15 is 0 Å². The van der Waals surface area contributed by atoms with Crippen molar-refractivity contribution in [2.45, 2.75) is 44.9 Å². The monoisotopic (exact) mass is 276 g/mol. The predicted molar refractivity (Wildman–Crippen MR) is 85.5 cm³/mol. The molecule has 0 radical (unpaired) electrons. The molecular formula is C19H20N2. The summed E-state index contributed by atoms with van der Waals surface area (Å²) in [5.41, 5.74) is 6.45. The molecule has 2 aliphatic carbocycles. The average molecular weight is 276 g/mol. The zero-order valence-corrected chi connectivity index (χ0v) is 12.9. The first-order valence-corrected chi connectivity index (χ1v) is 7.70. The van der Waals surface area contributed by atoms with Gasteiger partial charge in [0.25, 0.3) is 0 Å². The number of benzene rings is 1. The molecule has 21 heavy (non-hydrogen) atoms. The molecule has 1 heterocycles. The number of nitrogens with zero attached hydrogens (tertiary/aromatic N) is 2. The van der Waals surface area contributed by atoms with E-state index in [0.29, 0.717) is 5.92 Å². The lowest BCUT2D eigenvalue weighted by Gasteiger charge is -2.31. The van der Waals surface area contributed by atoms with Crippen LogP contribution in [0.4, 0.5) is 0 Å². The Balaban J connectivity index is 2.03. The summed E-state index contributed by atoms with van der Waals surface area (Å²) >= 11 is 0. The van der Waals surface area contributed by atoms with Gasteiger partial charge in [0.2, 0.25) is 0 Å². The van der Waals surface area contributed by atoms with Crippen LogP contribution in [0.3, 0.4) is 0 Å². The molecule has 0 bridgehead atoms. The van der Waals surface area contributed by atoms with Crippen LogP contribution < -0.4 is 0 Å². The number of fused-ring (bicyclic) bond motifs is 2. The molecule has 106 valence electrons. The van der Waals surface area contributed by atoms with Crippen LogP contribution in [-0.2, 0) is 18.3 Å². The Morgan fingerprint density at radius 1 is 1.10 bits per heavy atom. The molecule has 2 aromatic rings.